The van der Waals surface area contributed by atoms with Crippen LogP contribution in [0.25, 0.3) is 0 Å². The molecule has 0 radical (unpaired) electrons. The number of nitrogens with one attached hydrogen (secondary N) is 1. The molecular weight excluding hydrogens is 302 g/mol. The summed E-state index contributed by atoms with van der Waals surface area (Å²) in [6, 6.07) is 14.6. The van der Waals surface area contributed by atoms with Crippen molar-refractivity contribution in [3.8, 4) is 17.2 Å². The summed E-state index contributed by atoms with van der Waals surface area (Å²) in [5.74, 6) is 2.53. The molecule has 1 N–H and O–H groups in total. The van der Waals surface area contributed by atoms with E-state index in [9.17, 15) is 0 Å². The van der Waals surface area contributed by atoms with Gasteiger partial charge in [0.15, 0.2) is 0 Å². The van der Waals surface area contributed by atoms with Gasteiger partial charge in [-0.15, -0.1) is 0 Å². The van der Waals surface area contributed by atoms with E-state index in [0.29, 0.717) is 6.04 Å². The van der Waals surface area contributed by atoms with Crippen molar-refractivity contribution in [1.82, 2.24) is 5.32 Å². The van der Waals surface area contributed by atoms with Gasteiger partial charge in [-0.3, -0.25) is 0 Å². The first kappa shape index (κ1) is 18.1. The fraction of sp³-hybridized carbons (Fsp3) is 0.400. The van der Waals surface area contributed by atoms with Gasteiger partial charge in [-0.2, -0.15) is 0 Å². The van der Waals surface area contributed by atoms with Crippen LogP contribution in [-0.4, -0.2) is 27.4 Å². The zero-order chi connectivity index (χ0) is 17.4. The molecule has 0 saturated carbocycles. The highest BCUT2D eigenvalue weighted by Crippen LogP contribution is 2.22. The Bertz CT molecular complexity index is 603. The number of methoxy groups -OCH3 is 3. The summed E-state index contributed by atoms with van der Waals surface area (Å²) in [6.45, 7) is 3.00. The maximum absolute atomic E-state index is 5.31. The molecule has 0 aromatic heterocycles. The Hall–Kier alpha value is -2.20. The van der Waals surface area contributed by atoms with Crippen LogP contribution < -0.4 is 19.5 Å². The molecule has 0 aliphatic rings. The molecule has 0 fully saturated rings. The van der Waals surface area contributed by atoms with Crippen LogP contribution in [0, 0.1) is 0 Å². The monoisotopic (exact) mass is 329 g/mol. The van der Waals surface area contributed by atoms with Crippen molar-refractivity contribution in [1.29, 1.82) is 0 Å². The van der Waals surface area contributed by atoms with E-state index in [1.807, 2.05) is 30.3 Å². The largest absolute Gasteiger partial charge is 0.497 e. The second-order valence-electron chi connectivity index (χ2n) is 5.89. The molecule has 0 aliphatic carbocycles. The van der Waals surface area contributed by atoms with Crippen molar-refractivity contribution < 1.29 is 14.2 Å². The van der Waals surface area contributed by atoms with E-state index in [4.69, 9.17) is 14.2 Å². The van der Waals surface area contributed by atoms with Crippen molar-refractivity contribution in [2.24, 2.45) is 0 Å². The smallest absolute Gasteiger partial charge is 0.122 e. The predicted molar refractivity (Wildman–Crippen MR) is 97.2 cm³/mol. The number of hydrogen-bond acceptors (Lipinski definition) is 4. The zero-order valence-electron chi connectivity index (χ0n) is 15.0. The summed E-state index contributed by atoms with van der Waals surface area (Å²) in [4.78, 5) is 0. The molecule has 0 saturated heterocycles. The molecule has 24 heavy (non-hydrogen) atoms. The van der Waals surface area contributed by atoms with Gasteiger partial charge in [0.25, 0.3) is 0 Å². The summed E-state index contributed by atoms with van der Waals surface area (Å²) in [5.41, 5.74) is 2.48. The maximum Gasteiger partial charge on any atom is 0.122 e. The average molecular weight is 329 g/mol. The van der Waals surface area contributed by atoms with Crippen LogP contribution in [0.4, 0.5) is 0 Å². The highest BCUT2D eigenvalue weighted by molar-refractivity contribution is 5.38. The minimum absolute atomic E-state index is 0.421. The van der Waals surface area contributed by atoms with Crippen LogP contribution in [0.2, 0.25) is 0 Å². The summed E-state index contributed by atoms with van der Waals surface area (Å²) in [7, 11) is 5.03. The second-order valence-corrected chi connectivity index (χ2v) is 5.89. The van der Waals surface area contributed by atoms with E-state index in [1.165, 1.54) is 5.56 Å². The molecule has 130 valence electrons. The Labute approximate surface area is 144 Å². The van der Waals surface area contributed by atoms with Crippen molar-refractivity contribution in [2.75, 3.05) is 21.3 Å². The molecule has 4 heteroatoms. The summed E-state index contributed by atoms with van der Waals surface area (Å²) in [5, 5.41) is 3.56. The lowest BCUT2D eigenvalue weighted by Crippen LogP contribution is -2.26. The van der Waals surface area contributed by atoms with Crippen LogP contribution >= 0.6 is 0 Å². The topological polar surface area (TPSA) is 39.7 Å². The van der Waals surface area contributed by atoms with E-state index < -0.39 is 0 Å². The van der Waals surface area contributed by atoms with E-state index in [2.05, 4.69) is 24.4 Å². The molecule has 2 aromatic rings. The van der Waals surface area contributed by atoms with Gasteiger partial charge in [-0.05, 0) is 55.2 Å². The average Bonchev–Trinajstić information content (AvgIpc) is 2.64. The predicted octanol–water partition coefficient (Wildman–Crippen LogP) is 3.82. The van der Waals surface area contributed by atoms with E-state index in [0.717, 1.165) is 42.2 Å². The standard InChI is InChI=1S/C20H27NO3/c1-15(5-6-16-7-9-18(22-2)10-8-16)21-14-17-11-19(23-3)13-20(12-17)24-4/h7-13,15,21H,5-6,14H2,1-4H3/t15-/m0/s1. The lowest BCUT2D eigenvalue weighted by atomic mass is 10.1. The van der Waals surface area contributed by atoms with E-state index in [-0.39, 0.29) is 0 Å². The van der Waals surface area contributed by atoms with E-state index >= 15 is 0 Å². The molecule has 2 aromatic carbocycles. The van der Waals surface area contributed by atoms with Gasteiger partial charge >= 0.3 is 0 Å². The lowest BCUT2D eigenvalue weighted by molar-refractivity contribution is 0.392. The quantitative estimate of drug-likeness (QED) is 0.759. The SMILES string of the molecule is COc1ccc(CC[C@H](C)NCc2cc(OC)cc(OC)c2)cc1. The Morgan fingerprint density at radius 3 is 1.92 bits per heavy atom. The highest BCUT2D eigenvalue weighted by Gasteiger charge is 2.06. The Morgan fingerprint density at radius 2 is 1.38 bits per heavy atom. The second kappa shape index (κ2) is 9.18. The van der Waals surface area contributed by atoms with Gasteiger partial charge in [-0.25, -0.2) is 0 Å². The normalized spacial score (nSPS) is 11.8. The number of benzene rings is 2. The zero-order valence-corrected chi connectivity index (χ0v) is 15.0. The van der Waals surface area contributed by atoms with Gasteiger partial charge < -0.3 is 19.5 Å². The highest BCUT2D eigenvalue weighted by atomic mass is 16.5. The third-order valence-electron chi connectivity index (χ3n) is 4.09. The molecule has 0 aliphatic heterocycles. The van der Waals surface area contributed by atoms with Crippen molar-refractivity contribution >= 4 is 0 Å². The molecule has 0 bridgehead atoms. The van der Waals surface area contributed by atoms with Crippen molar-refractivity contribution in [3.05, 3.63) is 53.6 Å². The minimum Gasteiger partial charge on any atom is -0.497 e. The number of hydrogen-bond donors (Lipinski definition) is 1. The van der Waals surface area contributed by atoms with Gasteiger partial charge in [0, 0.05) is 18.7 Å². The summed E-state index contributed by atoms with van der Waals surface area (Å²) >= 11 is 0. The number of ether oxygens (including phenoxy) is 3. The number of rotatable bonds is 9. The summed E-state index contributed by atoms with van der Waals surface area (Å²) in [6.07, 6.45) is 2.12. The van der Waals surface area contributed by atoms with Crippen LogP contribution in [0.5, 0.6) is 17.2 Å². The first-order valence-corrected chi connectivity index (χ1v) is 8.23. The number of aryl methyl sites for hydroxylation is 1. The molecule has 0 unspecified atom stereocenters. The summed E-state index contributed by atoms with van der Waals surface area (Å²) < 4.78 is 15.8. The van der Waals surface area contributed by atoms with Gasteiger partial charge in [0.05, 0.1) is 21.3 Å². The molecule has 0 amide bonds. The molecule has 4 nitrogen and oxygen atoms in total. The van der Waals surface area contributed by atoms with Gasteiger partial charge in [0.1, 0.15) is 17.2 Å². The first-order valence-electron chi connectivity index (χ1n) is 8.23. The van der Waals surface area contributed by atoms with Crippen LogP contribution in [-0.2, 0) is 13.0 Å². The fourth-order valence-corrected chi connectivity index (χ4v) is 2.54. The molecule has 1 atom stereocenters. The fourth-order valence-electron chi connectivity index (χ4n) is 2.54. The Morgan fingerprint density at radius 1 is 0.792 bits per heavy atom. The lowest BCUT2D eigenvalue weighted by Gasteiger charge is -2.15. The third kappa shape index (κ3) is 5.46. The minimum atomic E-state index is 0.421. The first-order chi connectivity index (χ1) is 11.6. The molecule has 0 heterocycles. The third-order valence-corrected chi connectivity index (χ3v) is 4.09. The maximum atomic E-state index is 5.31. The van der Waals surface area contributed by atoms with Crippen molar-refractivity contribution in [3.63, 3.8) is 0 Å². The molecular formula is C20H27NO3. The van der Waals surface area contributed by atoms with Gasteiger partial charge in [0.2, 0.25) is 0 Å². The Kier molecular flexibility index (Phi) is 6.94. The Balaban J connectivity index is 1.83. The van der Waals surface area contributed by atoms with Crippen LogP contribution in [0.1, 0.15) is 24.5 Å². The van der Waals surface area contributed by atoms with E-state index in [1.54, 1.807) is 21.3 Å². The van der Waals surface area contributed by atoms with Crippen LogP contribution in [0.3, 0.4) is 0 Å². The van der Waals surface area contributed by atoms with Gasteiger partial charge in [-0.1, -0.05) is 12.1 Å². The van der Waals surface area contributed by atoms with Crippen LogP contribution in [0.15, 0.2) is 42.5 Å². The van der Waals surface area contributed by atoms with Crippen molar-refractivity contribution in [2.45, 2.75) is 32.4 Å². The molecule has 2 rings (SSSR count). The molecule has 0 spiro atoms.